The number of aromatic nitrogens is 2. The zero-order valence-electron chi connectivity index (χ0n) is 19.4. The number of H-pyrrole nitrogens is 1. The molecule has 0 aromatic carbocycles. The van der Waals surface area contributed by atoms with Gasteiger partial charge in [-0.25, -0.2) is 9.78 Å². The van der Waals surface area contributed by atoms with E-state index in [2.05, 4.69) is 25.9 Å². The molecule has 16 heteroatoms. The summed E-state index contributed by atoms with van der Waals surface area (Å²) in [4.78, 5) is 78.0. The van der Waals surface area contributed by atoms with Gasteiger partial charge in [-0.15, -0.1) is 0 Å². The van der Waals surface area contributed by atoms with Crippen LogP contribution in [0.25, 0.3) is 0 Å². The summed E-state index contributed by atoms with van der Waals surface area (Å²) in [6.45, 7) is 0. The molecule has 3 amide bonds. The van der Waals surface area contributed by atoms with Crippen LogP contribution in [0.4, 0.5) is 0 Å². The van der Waals surface area contributed by atoms with Gasteiger partial charge in [0.2, 0.25) is 17.7 Å². The summed E-state index contributed by atoms with van der Waals surface area (Å²) in [6, 6.07) is -5.49. The number of hydrogen-bond donors (Lipinski definition) is 8. The van der Waals surface area contributed by atoms with Crippen LogP contribution in [-0.4, -0.2) is 97.1 Å². The van der Waals surface area contributed by atoms with E-state index in [9.17, 15) is 39.0 Å². The van der Waals surface area contributed by atoms with Crippen molar-refractivity contribution in [2.45, 2.75) is 56.3 Å². The Morgan fingerprint density at radius 3 is 2.08 bits per heavy atom. The summed E-state index contributed by atoms with van der Waals surface area (Å²) in [7, 11) is 0. The first-order valence-electron chi connectivity index (χ1n) is 10.7. The molecule has 0 aliphatic carbocycles. The number of thioether (sulfide) groups is 1. The second-order valence-electron chi connectivity index (χ2n) is 7.72. The van der Waals surface area contributed by atoms with Gasteiger partial charge in [-0.3, -0.25) is 24.0 Å². The number of rotatable bonds is 17. The van der Waals surface area contributed by atoms with Gasteiger partial charge in [0.05, 0.1) is 18.8 Å². The van der Waals surface area contributed by atoms with E-state index in [1.165, 1.54) is 24.3 Å². The molecule has 0 radical (unpaired) electrons. The van der Waals surface area contributed by atoms with Gasteiger partial charge in [0.25, 0.3) is 0 Å². The van der Waals surface area contributed by atoms with Crippen molar-refractivity contribution < 1.29 is 44.1 Å². The van der Waals surface area contributed by atoms with E-state index < -0.39 is 72.6 Å². The van der Waals surface area contributed by atoms with Crippen LogP contribution in [0.15, 0.2) is 12.5 Å². The fraction of sp³-hybridized carbons (Fsp3) is 0.550. The minimum Gasteiger partial charge on any atom is -0.481 e. The minimum atomic E-state index is -1.57. The number of carbonyl (C=O) groups excluding carboxylic acids is 3. The van der Waals surface area contributed by atoms with Gasteiger partial charge in [0.1, 0.15) is 18.1 Å². The lowest BCUT2D eigenvalue weighted by atomic mass is 10.1. The first-order valence-corrected chi connectivity index (χ1v) is 12.1. The highest BCUT2D eigenvalue weighted by molar-refractivity contribution is 7.98. The molecule has 4 unspecified atom stereocenters. The van der Waals surface area contributed by atoms with E-state index in [0.29, 0.717) is 11.4 Å². The number of aliphatic carboxylic acids is 3. The molecule has 15 nitrogen and oxygen atoms in total. The molecule has 1 heterocycles. The number of nitrogens with two attached hydrogens (primary N) is 1. The van der Waals surface area contributed by atoms with Gasteiger partial charge in [0, 0.05) is 24.7 Å². The third-order valence-corrected chi connectivity index (χ3v) is 5.49. The maximum absolute atomic E-state index is 12.8. The Kier molecular flexibility index (Phi) is 13.0. The van der Waals surface area contributed by atoms with Crippen LogP contribution in [0.5, 0.6) is 0 Å². The molecule has 0 saturated carbocycles. The predicted molar refractivity (Wildman–Crippen MR) is 126 cm³/mol. The maximum Gasteiger partial charge on any atom is 0.326 e. The van der Waals surface area contributed by atoms with E-state index in [4.69, 9.17) is 10.8 Å². The summed E-state index contributed by atoms with van der Waals surface area (Å²) >= 11 is 1.34. The molecule has 0 saturated heterocycles. The summed E-state index contributed by atoms with van der Waals surface area (Å²) in [5.41, 5.74) is 6.38. The van der Waals surface area contributed by atoms with Gasteiger partial charge in [-0.1, -0.05) is 0 Å². The van der Waals surface area contributed by atoms with Crippen molar-refractivity contribution in [3.8, 4) is 0 Å². The lowest BCUT2D eigenvalue weighted by Crippen LogP contribution is -2.57. The highest BCUT2D eigenvalue weighted by Crippen LogP contribution is 2.06. The van der Waals surface area contributed by atoms with E-state index in [1.807, 2.05) is 0 Å². The topological polar surface area (TPSA) is 254 Å². The fourth-order valence-electron chi connectivity index (χ4n) is 2.96. The van der Waals surface area contributed by atoms with Crippen molar-refractivity contribution in [3.05, 3.63) is 18.2 Å². The molecule has 0 spiro atoms. The minimum absolute atomic E-state index is 0.0406. The first kappa shape index (κ1) is 30.4. The predicted octanol–water partition coefficient (Wildman–Crippen LogP) is -2.09. The summed E-state index contributed by atoms with van der Waals surface area (Å²) in [5.74, 6) is -6.43. The Bertz CT molecular complexity index is 927. The molecule has 0 bridgehead atoms. The monoisotopic (exact) mass is 530 g/mol. The van der Waals surface area contributed by atoms with Gasteiger partial charge in [-0.05, 0) is 24.9 Å². The molecular formula is C20H30N6O9S. The van der Waals surface area contributed by atoms with Crippen molar-refractivity contribution in [1.29, 1.82) is 0 Å². The highest BCUT2D eigenvalue weighted by atomic mass is 32.2. The van der Waals surface area contributed by atoms with Gasteiger partial charge in [0.15, 0.2) is 0 Å². The molecule has 0 aliphatic rings. The second-order valence-corrected chi connectivity index (χ2v) is 8.71. The number of aromatic amines is 1. The van der Waals surface area contributed by atoms with E-state index in [1.54, 1.807) is 6.26 Å². The second kappa shape index (κ2) is 15.4. The molecule has 36 heavy (non-hydrogen) atoms. The lowest BCUT2D eigenvalue weighted by Gasteiger charge is -2.24. The number of amides is 3. The highest BCUT2D eigenvalue weighted by Gasteiger charge is 2.31. The summed E-state index contributed by atoms with van der Waals surface area (Å²) < 4.78 is 0. The van der Waals surface area contributed by atoms with Crippen molar-refractivity contribution >= 4 is 47.4 Å². The largest absolute Gasteiger partial charge is 0.481 e. The quantitative estimate of drug-likeness (QED) is 0.108. The van der Waals surface area contributed by atoms with Crippen LogP contribution in [0.2, 0.25) is 0 Å². The third-order valence-electron chi connectivity index (χ3n) is 4.85. The Morgan fingerprint density at radius 1 is 0.944 bits per heavy atom. The SMILES string of the molecule is CSCCC(NC(=O)C(CC(=O)O)NC(=O)C(N)Cc1cnc[nH]1)C(=O)NC(CCC(=O)O)C(=O)O. The lowest BCUT2D eigenvalue weighted by molar-refractivity contribution is -0.144. The number of nitrogens with zero attached hydrogens (tertiary/aromatic N) is 1. The molecule has 1 aromatic heterocycles. The average molecular weight is 531 g/mol. The van der Waals surface area contributed by atoms with Crippen LogP contribution in [0.3, 0.4) is 0 Å². The molecule has 0 fully saturated rings. The van der Waals surface area contributed by atoms with Crippen molar-refractivity contribution in [2.24, 2.45) is 5.73 Å². The molecule has 200 valence electrons. The molecule has 4 atom stereocenters. The van der Waals surface area contributed by atoms with E-state index in [-0.39, 0.29) is 19.3 Å². The Labute approximate surface area is 210 Å². The molecule has 0 aliphatic heterocycles. The van der Waals surface area contributed by atoms with Crippen LogP contribution in [-0.2, 0) is 35.2 Å². The maximum atomic E-state index is 12.8. The number of carboxylic acid groups (broad SMARTS) is 3. The Morgan fingerprint density at radius 2 is 1.56 bits per heavy atom. The van der Waals surface area contributed by atoms with Crippen LogP contribution < -0.4 is 21.7 Å². The summed E-state index contributed by atoms with van der Waals surface area (Å²) in [5, 5.41) is 34.0. The summed E-state index contributed by atoms with van der Waals surface area (Å²) in [6.07, 6.45) is 2.97. The average Bonchev–Trinajstić information content (AvgIpc) is 3.30. The van der Waals surface area contributed by atoms with Gasteiger partial charge < -0.3 is 42.0 Å². The number of carbonyl (C=O) groups is 6. The Hall–Kier alpha value is -3.66. The van der Waals surface area contributed by atoms with Crippen molar-refractivity contribution in [3.63, 3.8) is 0 Å². The van der Waals surface area contributed by atoms with E-state index >= 15 is 0 Å². The number of imidazole rings is 1. The first-order chi connectivity index (χ1) is 16.9. The van der Waals surface area contributed by atoms with Crippen LogP contribution in [0, 0.1) is 0 Å². The number of hydrogen-bond acceptors (Lipinski definition) is 9. The zero-order chi connectivity index (χ0) is 27.3. The van der Waals surface area contributed by atoms with Crippen LogP contribution >= 0.6 is 11.8 Å². The molecule has 1 aromatic rings. The normalized spacial score (nSPS) is 14.1. The smallest absolute Gasteiger partial charge is 0.326 e. The molecular weight excluding hydrogens is 500 g/mol. The standard InChI is InChI=1S/C20H30N6O9S/c1-36-5-4-12(18(32)25-13(20(34)35)2-3-15(27)28)24-19(33)14(7-16(29)30)26-17(31)11(21)6-10-8-22-9-23-10/h8-9,11-14H,2-7,21H2,1H3,(H,22,23)(H,24,33)(H,25,32)(H,26,31)(H,27,28)(H,29,30)(H,34,35). The number of carboxylic acids is 3. The fourth-order valence-corrected chi connectivity index (χ4v) is 3.43. The van der Waals surface area contributed by atoms with Crippen molar-refractivity contribution in [2.75, 3.05) is 12.0 Å². The van der Waals surface area contributed by atoms with Crippen molar-refractivity contribution in [1.82, 2.24) is 25.9 Å². The van der Waals surface area contributed by atoms with Gasteiger partial charge in [-0.2, -0.15) is 11.8 Å². The zero-order valence-corrected chi connectivity index (χ0v) is 20.2. The third kappa shape index (κ3) is 11.2. The van der Waals surface area contributed by atoms with Gasteiger partial charge >= 0.3 is 17.9 Å². The Balaban J connectivity index is 2.93. The number of nitrogens with one attached hydrogen (secondary N) is 4. The molecule has 9 N–H and O–H groups in total. The molecule has 1 rings (SSSR count). The van der Waals surface area contributed by atoms with E-state index in [0.717, 1.165) is 0 Å². The van der Waals surface area contributed by atoms with Crippen LogP contribution in [0.1, 0.15) is 31.4 Å².